The predicted octanol–water partition coefficient (Wildman–Crippen LogP) is 3.71. The zero-order chi connectivity index (χ0) is 14.2. The van der Waals surface area contributed by atoms with Crippen LogP contribution in [0.15, 0.2) is 22.6 Å². The van der Waals surface area contributed by atoms with Gasteiger partial charge in [0.25, 0.3) is 0 Å². The van der Waals surface area contributed by atoms with Crippen LogP contribution in [-0.2, 0) is 12.0 Å². The second kappa shape index (κ2) is 4.82. The smallest absolute Gasteiger partial charge is 0.208 e. The molecule has 0 radical (unpaired) electrons. The molecule has 0 fully saturated rings. The molecule has 19 heavy (non-hydrogen) atoms. The molecule has 1 aromatic carbocycles. The summed E-state index contributed by atoms with van der Waals surface area (Å²) in [6.45, 7) is 11.0. The Morgan fingerprint density at radius 2 is 1.89 bits per heavy atom. The molecule has 3 heteroatoms. The maximum atomic E-state index is 5.59. The number of oxazole rings is 1. The van der Waals surface area contributed by atoms with E-state index in [-0.39, 0.29) is 5.41 Å². The van der Waals surface area contributed by atoms with Gasteiger partial charge in [-0.1, -0.05) is 32.9 Å². The largest absolute Gasteiger partial charge is 0.444 e. The van der Waals surface area contributed by atoms with Crippen LogP contribution in [0.2, 0.25) is 0 Å². The third kappa shape index (κ3) is 2.71. The molecule has 1 aromatic heterocycles. The lowest BCUT2D eigenvalue weighted by molar-refractivity contribution is 0.474. The van der Waals surface area contributed by atoms with Crippen LogP contribution in [0.4, 0.5) is 0 Å². The summed E-state index contributed by atoms with van der Waals surface area (Å²) in [7, 11) is 0. The van der Waals surface area contributed by atoms with Crippen molar-refractivity contribution in [3.8, 4) is 11.3 Å². The van der Waals surface area contributed by atoms with Crippen molar-refractivity contribution in [3.63, 3.8) is 0 Å². The van der Waals surface area contributed by atoms with Crippen LogP contribution in [0.3, 0.4) is 0 Å². The van der Waals surface area contributed by atoms with Crippen LogP contribution in [-0.4, -0.2) is 4.98 Å². The number of nitrogens with two attached hydrogens (primary N) is 1. The van der Waals surface area contributed by atoms with E-state index in [1.54, 1.807) is 0 Å². The molecule has 0 aliphatic heterocycles. The predicted molar refractivity (Wildman–Crippen MR) is 78.0 cm³/mol. The zero-order valence-electron chi connectivity index (χ0n) is 12.4. The highest BCUT2D eigenvalue weighted by Gasteiger charge is 2.18. The van der Waals surface area contributed by atoms with Gasteiger partial charge in [-0.15, -0.1) is 0 Å². The Labute approximate surface area is 114 Å². The number of rotatable bonds is 2. The first-order valence-corrected chi connectivity index (χ1v) is 6.61. The van der Waals surface area contributed by atoms with Gasteiger partial charge in [0.15, 0.2) is 0 Å². The van der Waals surface area contributed by atoms with Crippen LogP contribution >= 0.6 is 0 Å². The lowest BCUT2D eigenvalue weighted by Crippen LogP contribution is -2.11. The Kier molecular flexibility index (Phi) is 3.50. The normalized spacial score (nSPS) is 11.9. The van der Waals surface area contributed by atoms with Crippen LogP contribution < -0.4 is 5.73 Å². The van der Waals surface area contributed by atoms with Crippen molar-refractivity contribution in [2.24, 2.45) is 5.73 Å². The van der Waals surface area contributed by atoms with Crippen LogP contribution in [0, 0.1) is 13.8 Å². The Morgan fingerprint density at radius 3 is 2.42 bits per heavy atom. The average Bonchev–Trinajstić information content (AvgIpc) is 2.69. The summed E-state index contributed by atoms with van der Waals surface area (Å²) in [6.07, 6.45) is 0. The highest BCUT2D eigenvalue weighted by molar-refractivity contribution is 5.66. The minimum absolute atomic E-state index is 0.122. The van der Waals surface area contributed by atoms with Gasteiger partial charge in [-0.3, -0.25) is 0 Å². The molecule has 0 bridgehead atoms. The first-order chi connectivity index (χ1) is 8.82. The molecule has 0 unspecified atom stereocenters. The van der Waals surface area contributed by atoms with Gasteiger partial charge in [0, 0.05) is 5.56 Å². The van der Waals surface area contributed by atoms with Crippen LogP contribution in [0.5, 0.6) is 0 Å². The van der Waals surface area contributed by atoms with Gasteiger partial charge in [0.1, 0.15) is 11.5 Å². The summed E-state index contributed by atoms with van der Waals surface area (Å²) < 4.78 is 5.56. The third-order valence-electron chi connectivity index (χ3n) is 3.37. The van der Waals surface area contributed by atoms with Crippen molar-refractivity contribution < 1.29 is 4.42 Å². The molecule has 0 saturated heterocycles. The molecular weight excluding hydrogens is 236 g/mol. The quantitative estimate of drug-likeness (QED) is 0.893. The number of hydrogen-bond donors (Lipinski definition) is 1. The van der Waals surface area contributed by atoms with Gasteiger partial charge < -0.3 is 10.2 Å². The molecule has 3 nitrogen and oxygen atoms in total. The zero-order valence-corrected chi connectivity index (χ0v) is 12.4. The summed E-state index contributed by atoms with van der Waals surface area (Å²) in [5, 5.41) is 0. The molecule has 0 spiro atoms. The van der Waals surface area contributed by atoms with Crippen molar-refractivity contribution in [2.45, 2.75) is 46.6 Å². The second-order valence-corrected chi connectivity index (χ2v) is 6.00. The molecule has 1 heterocycles. The number of benzene rings is 1. The molecule has 0 aliphatic carbocycles. The van der Waals surface area contributed by atoms with Crippen molar-refractivity contribution in [1.29, 1.82) is 0 Å². The van der Waals surface area contributed by atoms with Crippen molar-refractivity contribution in [2.75, 3.05) is 0 Å². The van der Waals surface area contributed by atoms with Crippen molar-refractivity contribution in [1.82, 2.24) is 4.98 Å². The summed E-state index contributed by atoms with van der Waals surface area (Å²) in [5.74, 6) is 1.42. The minimum Gasteiger partial charge on any atom is -0.444 e. The maximum absolute atomic E-state index is 5.59. The lowest BCUT2D eigenvalue weighted by Gasteiger charge is -2.20. The monoisotopic (exact) mass is 258 g/mol. The van der Waals surface area contributed by atoms with Gasteiger partial charge in [-0.2, -0.15) is 0 Å². The topological polar surface area (TPSA) is 52.0 Å². The molecule has 2 rings (SSSR count). The maximum Gasteiger partial charge on any atom is 0.208 e. The van der Waals surface area contributed by atoms with E-state index in [0.29, 0.717) is 12.4 Å². The first-order valence-electron chi connectivity index (χ1n) is 6.61. The van der Waals surface area contributed by atoms with E-state index in [4.69, 9.17) is 10.2 Å². The Morgan fingerprint density at radius 1 is 1.21 bits per heavy atom. The number of aryl methyl sites for hydroxylation is 2. The third-order valence-corrected chi connectivity index (χ3v) is 3.37. The number of aromatic nitrogens is 1. The molecule has 2 N–H and O–H groups in total. The SMILES string of the molecule is Cc1ccc(C(C)(C)C)cc1-c1nc(CN)oc1C. The van der Waals surface area contributed by atoms with Crippen molar-refractivity contribution >= 4 is 0 Å². The van der Waals surface area contributed by atoms with Gasteiger partial charge >= 0.3 is 0 Å². The molecule has 0 aliphatic rings. The van der Waals surface area contributed by atoms with Gasteiger partial charge in [0.2, 0.25) is 5.89 Å². The summed E-state index contributed by atoms with van der Waals surface area (Å²) in [6, 6.07) is 6.53. The Hall–Kier alpha value is -1.61. The molecule has 0 saturated carbocycles. The standard InChI is InChI=1S/C16H22N2O/c1-10-6-7-12(16(3,4)5)8-13(10)15-11(2)19-14(9-17)18-15/h6-8H,9,17H2,1-5H3. The number of nitrogens with zero attached hydrogens (tertiary/aromatic N) is 1. The van der Waals surface area contributed by atoms with Gasteiger partial charge in [-0.05, 0) is 36.5 Å². The highest BCUT2D eigenvalue weighted by Crippen LogP contribution is 2.31. The molecule has 0 atom stereocenters. The summed E-state index contributed by atoms with van der Waals surface area (Å²) >= 11 is 0. The summed E-state index contributed by atoms with van der Waals surface area (Å²) in [5.41, 5.74) is 10.3. The van der Waals surface area contributed by atoms with Crippen molar-refractivity contribution in [3.05, 3.63) is 41.0 Å². The fraction of sp³-hybridized carbons (Fsp3) is 0.438. The summed E-state index contributed by atoms with van der Waals surface area (Å²) in [4.78, 5) is 4.49. The molecule has 0 amide bonds. The fourth-order valence-electron chi connectivity index (χ4n) is 2.13. The van der Waals surface area contributed by atoms with E-state index in [1.165, 1.54) is 11.1 Å². The van der Waals surface area contributed by atoms with Crippen LogP contribution in [0.25, 0.3) is 11.3 Å². The number of hydrogen-bond acceptors (Lipinski definition) is 3. The van der Waals surface area contributed by atoms with Gasteiger partial charge in [0.05, 0.1) is 6.54 Å². The van der Waals surface area contributed by atoms with E-state index in [9.17, 15) is 0 Å². The average molecular weight is 258 g/mol. The molecule has 102 valence electrons. The van der Waals surface area contributed by atoms with E-state index in [1.807, 2.05) is 6.92 Å². The highest BCUT2D eigenvalue weighted by atomic mass is 16.4. The molecular formula is C16H22N2O. The van der Waals surface area contributed by atoms with Gasteiger partial charge in [-0.25, -0.2) is 4.98 Å². The Bertz CT molecular complexity index is 591. The van der Waals surface area contributed by atoms with E-state index >= 15 is 0 Å². The van der Waals surface area contributed by atoms with E-state index in [0.717, 1.165) is 17.0 Å². The van der Waals surface area contributed by atoms with E-state index < -0.39 is 0 Å². The minimum atomic E-state index is 0.122. The fourth-order valence-corrected chi connectivity index (χ4v) is 2.13. The molecule has 2 aromatic rings. The van der Waals surface area contributed by atoms with E-state index in [2.05, 4.69) is 50.9 Å². The lowest BCUT2D eigenvalue weighted by atomic mass is 9.85. The first kappa shape index (κ1) is 13.8. The van der Waals surface area contributed by atoms with Crippen LogP contribution in [0.1, 0.15) is 43.5 Å². The Balaban J connectivity index is 2.57. The second-order valence-electron chi connectivity index (χ2n) is 6.00.